The van der Waals surface area contributed by atoms with Gasteiger partial charge in [0.05, 0.1) is 19.3 Å². The van der Waals surface area contributed by atoms with Crippen LogP contribution in [0.15, 0.2) is 35.5 Å². The van der Waals surface area contributed by atoms with Crippen molar-refractivity contribution in [1.82, 2.24) is 20.1 Å². The Morgan fingerprint density at radius 1 is 1.21 bits per heavy atom. The van der Waals surface area contributed by atoms with Gasteiger partial charge in [-0.15, -0.1) is 10.2 Å². The van der Waals surface area contributed by atoms with Crippen molar-refractivity contribution in [3.8, 4) is 0 Å². The number of thioether (sulfide) groups is 1. The van der Waals surface area contributed by atoms with E-state index in [2.05, 4.69) is 32.2 Å². The molecule has 3 N–H and O–H groups in total. The van der Waals surface area contributed by atoms with Crippen LogP contribution in [0.4, 0.5) is 0 Å². The predicted octanol–water partition coefficient (Wildman–Crippen LogP) is 1.24. The van der Waals surface area contributed by atoms with Crippen LogP contribution in [0.25, 0.3) is 0 Å². The van der Waals surface area contributed by atoms with Gasteiger partial charge in [0.2, 0.25) is 0 Å². The molecule has 6 nitrogen and oxygen atoms in total. The number of nitrogens with one attached hydrogen (secondary N) is 1. The summed E-state index contributed by atoms with van der Waals surface area (Å²) in [4.78, 5) is 0. The second-order valence-corrected chi connectivity index (χ2v) is 7.07. The molecule has 130 valence electrons. The summed E-state index contributed by atoms with van der Waals surface area (Å²) < 4.78 is 2.17. The molecule has 0 aliphatic carbocycles. The van der Waals surface area contributed by atoms with Crippen LogP contribution in [-0.2, 0) is 6.54 Å². The van der Waals surface area contributed by atoms with E-state index in [0.717, 1.165) is 43.5 Å². The summed E-state index contributed by atoms with van der Waals surface area (Å²) in [5, 5.41) is 31.6. The average molecular weight is 348 g/mol. The third-order valence-electron chi connectivity index (χ3n) is 4.25. The van der Waals surface area contributed by atoms with Crippen molar-refractivity contribution in [3.05, 3.63) is 41.7 Å². The maximum Gasteiger partial charge on any atom is 0.191 e. The van der Waals surface area contributed by atoms with Crippen molar-refractivity contribution in [2.75, 3.05) is 25.4 Å². The number of aliphatic hydroxyl groups excluding tert-OH is 2. The van der Waals surface area contributed by atoms with Crippen molar-refractivity contribution >= 4 is 11.8 Å². The highest BCUT2D eigenvalue weighted by Gasteiger charge is 2.23. The predicted molar refractivity (Wildman–Crippen MR) is 94.2 cm³/mol. The molecule has 0 amide bonds. The van der Waals surface area contributed by atoms with E-state index in [0.29, 0.717) is 11.7 Å². The van der Waals surface area contributed by atoms with Gasteiger partial charge in [-0.1, -0.05) is 42.1 Å². The average Bonchev–Trinajstić information content (AvgIpc) is 3.04. The first-order valence-corrected chi connectivity index (χ1v) is 9.36. The van der Waals surface area contributed by atoms with E-state index in [1.165, 1.54) is 17.3 Å². The molecule has 1 saturated heterocycles. The molecule has 0 bridgehead atoms. The van der Waals surface area contributed by atoms with Gasteiger partial charge < -0.3 is 20.1 Å². The Morgan fingerprint density at radius 2 is 1.96 bits per heavy atom. The molecule has 0 spiro atoms. The molecule has 1 aliphatic heterocycles. The van der Waals surface area contributed by atoms with Gasteiger partial charge in [0.25, 0.3) is 0 Å². The monoisotopic (exact) mass is 348 g/mol. The lowest BCUT2D eigenvalue weighted by atomic mass is 9.97. The maximum absolute atomic E-state index is 9.62. The van der Waals surface area contributed by atoms with E-state index in [1.54, 1.807) is 0 Å². The molecule has 1 aliphatic rings. The number of piperidine rings is 1. The van der Waals surface area contributed by atoms with Gasteiger partial charge in [-0.25, -0.2) is 0 Å². The van der Waals surface area contributed by atoms with Gasteiger partial charge in [-0.3, -0.25) is 0 Å². The molecule has 7 heteroatoms. The fourth-order valence-corrected chi connectivity index (χ4v) is 3.79. The topological polar surface area (TPSA) is 83.2 Å². The smallest absolute Gasteiger partial charge is 0.191 e. The third kappa shape index (κ3) is 4.36. The molecule has 24 heavy (non-hydrogen) atoms. The van der Waals surface area contributed by atoms with Gasteiger partial charge in [-0.05, 0) is 31.5 Å². The van der Waals surface area contributed by atoms with Crippen LogP contribution in [0.1, 0.15) is 30.1 Å². The second kappa shape index (κ2) is 8.62. The lowest BCUT2D eigenvalue weighted by molar-refractivity contribution is 0.113. The Hall–Kier alpha value is -1.41. The Bertz CT molecular complexity index is 629. The molecule has 1 aromatic heterocycles. The molecule has 0 unspecified atom stereocenters. The Morgan fingerprint density at radius 3 is 2.67 bits per heavy atom. The van der Waals surface area contributed by atoms with Gasteiger partial charge >= 0.3 is 0 Å². The largest absolute Gasteiger partial charge is 0.394 e. The maximum atomic E-state index is 9.62. The SMILES string of the molecule is OC[C@@H](O)CSc1nnc(C2CCNCC2)n1Cc1ccccc1. The second-order valence-electron chi connectivity index (χ2n) is 6.08. The van der Waals surface area contributed by atoms with Crippen LogP contribution in [-0.4, -0.2) is 56.5 Å². The van der Waals surface area contributed by atoms with Crippen molar-refractivity contribution in [1.29, 1.82) is 0 Å². The fraction of sp³-hybridized carbons (Fsp3) is 0.529. The number of nitrogens with zero attached hydrogens (tertiary/aromatic N) is 3. The molecular weight excluding hydrogens is 324 g/mol. The summed E-state index contributed by atoms with van der Waals surface area (Å²) in [5.74, 6) is 1.86. The molecule has 3 rings (SSSR count). The lowest BCUT2D eigenvalue weighted by Gasteiger charge is -2.23. The van der Waals surface area contributed by atoms with Crippen LogP contribution in [0.3, 0.4) is 0 Å². The minimum absolute atomic E-state index is 0.235. The molecule has 0 saturated carbocycles. The van der Waals surface area contributed by atoms with E-state index in [4.69, 9.17) is 5.11 Å². The van der Waals surface area contributed by atoms with E-state index >= 15 is 0 Å². The Kier molecular flexibility index (Phi) is 6.25. The van der Waals surface area contributed by atoms with Gasteiger partial charge in [0.1, 0.15) is 5.82 Å². The molecule has 0 radical (unpaired) electrons. The van der Waals surface area contributed by atoms with Crippen molar-refractivity contribution in [3.63, 3.8) is 0 Å². The molecule has 1 aromatic carbocycles. The summed E-state index contributed by atoms with van der Waals surface area (Å²) in [6.07, 6.45) is 1.40. The first kappa shape index (κ1) is 17.4. The summed E-state index contributed by atoms with van der Waals surface area (Å²) >= 11 is 1.45. The minimum Gasteiger partial charge on any atom is -0.394 e. The highest BCUT2D eigenvalue weighted by atomic mass is 32.2. The number of rotatable bonds is 7. The highest BCUT2D eigenvalue weighted by molar-refractivity contribution is 7.99. The Labute approximate surface area is 146 Å². The standard InChI is InChI=1S/C17H24N4O2S/c22-11-15(23)12-24-17-20-19-16(14-6-8-18-9-7-14)21(17)10-13-4-2-1-3-5-13/h1-5,14-15,18,22-23H,6-12H2/t15-/m1/s1. The fourth-order valence-electron chi connectivity index (χ4n) is 2.93. The third-order valence-corrected chi connectivity index (χ3v) is 5.36. The minimum atomic E-state index is -0.737. The van der Waals surface area contributed by atoms with Crippen LogP contribution in [0.5, 0.6) is 0 Å². The van der Waals surface area contributed by atoms with Gasteiger partial charge in [0.15, 0.2) is 5.16 Å². The number of hydrogen-bond donors (Lipinski definition) is 3. The van der Waals surface area contributed by atoms with Crippen LogP contribution in [0, 0.1) is 0 Å². The molecule has 1 fully saturated rings. The molecule has 1 atom stereocenters. The quantitative estimate of drug-likeness (QED) is 0.653. The van der Waals surface area contributed by atoms with Crippen LogP contribution >= 0.6 is 11.8 Å². The number of benzene rings is 1. The number of aliphatic hydroxyl groups is 2. The van der Waals surface area contributed by atoms with E-state index in [-0.39, 0.29) is 6.61 Å². The number of aromatic nitrogens is 3. The zero-order valence-corrected chi connectivity index (χ0v) is 14.5. The zero-order valence-electron chi connectivity index (χ0n) is 13.6. The van der Waals surface area contributed by atoms with Crippen molar-refractivity contribution in [2.24, 2.45) is 0 Å². The first-order valence-electron chi connectivity index (χ1n) is 8.37. The summed E-state index contributed by atoms with van der Waals surface area (Å²) in [7, 11) is 0. The highest BCUT2D eigenvalue weighted by Crippen LogP contribution is 2.28. The van der Waals surface area contributed by atoms with E-state index in [9.17, 15) is 5.11 Å². The summed E-state index contributed by atoms with van der Waals surface area (Å²) in [6, 6.07) is 10.3. The molecule has 2 aromatic rings. The summed E-state index contributed by atoms with van der Waals surface area (Å²) in [6.45, 7) is 2.51. The molecule has 2 heterocycles. The van der Waals surface area contributed by atoms with Crippen molar-refractivity contribution < 1.29 is 10.2 Å². The van der Waals surface area contributed by atoms with Gasteiger partial charge in [-0.2, -0.15) is 0 Å². The van der Waals surface area contributed by atoms with Crippen molar-refractivity contribution in [2.45, 2.75) is 36.6 Å². The number of hydrogen-bond acceptors (Lipinski definition) is 6. The zero-order chi connectivity index (χ0) is 16.8. The van der Waals surface area contributed by atoms with Crippen LogP contribution < -0.4 is 5.32 Å². The Balaban J connectivity index is 1.83. The lowest BCUT2D eigenvalue weighted by Crippen LogP contribution is -2.28. The summed E-state index contributed by atoms with van der Waals surface area (Å²) in [5.41, 5.74) is 1.21. The first-order chi connectivity index (χ1) is 11.8. The van der Waals surface area contributed by atoms with E-state index in [1.807, 2.05) is 18.2 Å². The normalized spacial score (nSPS) is 17.1. The van der Waals surface area contributed by atoms with E-state index < -0.39 is 6.10 Å². The van der Waals surface area contributed by atoms with Gasteiger partial charge in [0, 0.05) is 11.7 Å². The van der Waals surface area contributed by atoms with Crippen LogP contribution in [0.2, 0.25) is 0 Å². The molecular formula is C17H24N4O2S.